The Morgan fingerprint density at radius 1 is 0.905 bits per heavy atom. The van der Waals surface area contributed by atoms with Gasteiger partial charge in [-0.1, -0.05) is 0 Å². The molecular weight excluding hydrogens is 276 g/mol. The first-order valence-electron chi connectivity index (χ1n) is 6.69. The zero-order valence-corrected chi connectivity index (χ0v) is 13.6. The molecule has 122 valence electrons. The van der Waals surface area contributed by atoms with Crippen molar-refractivity contribution in [3.63, 3.8) is 0 Å². The van der Waals surface area contributed by atoms with Crippen molar-refractivity contribution >= 4 is 12.2 Å². The number of nitrogens with one attached hydrogen (secondary N) is 2. The molecule has 0 saturated carbocycles. The lowest BCUT2D eigenvalue weighted by Gasteiger charge is -2.21. The van der Waals surface area contributed by atoms with Gasteiger partial charge in [0.15, 0.2) is 0 Å². The predicted molar refractivity (Wildman–Crippen MR) is 79.2 cm³/mol. The van der Waals surface area contributed by atoms with Crippen molar-refractivity contribution in [1.82, 2.24) is 10.6 Å². The molecule has 0 atom stereocenters. The SMILES string of the molecule is CC(C)(C)OC(=O)NCC(=CO)CNC(=O)OC(C)(C)C. The number of carbonyl (C=O) groups excluding carboxylic acids is 2. The maximum absolute atomic E-state index is 11.5. The molecule has 0 saturated heterocycles. The van der Waals surface area contributed by atoms with Crippen LogP contribution in [0, 0.1) is 0 Å². The van der Waals surface area contributed by atoms with Gasteiger partial charge in [-0.15, -0.1) is 0 Å². The Hall–Kier alpha value is -1.92. The Bertz CT molecular complexity index is 357. The molecule has 7 nitrogen and oxygen atoms in total. The van der Waals surface area contributed by atoms with Crippen LogP contribution in [0.15, 0.2) is 11.8 Å². The van der Waals surface area contributed by atoms with Gasteiger partial charge in [0.1, 0.15) is 11.2 Å². The van der Waals surface area contributed by atoms with E-state index in [0.717, 1.165) is 6.26 Å². The number of rotatable bonds is 4. The quantitative estimate of drug-likeness (QED) is 0.693. The Morgan fingerprint density at radius 3 is 1.48 bits per heavy atom. The summed E-state index contributed by atoms with van der Waals surface area (Å²) < 4.78 is 10.1. The number of hydrogen-bond donors (Lipinski definition) is 3. The number of hydrogen-bond acceptors (Lipinski definition) is 5. The maximum Gasteiger partial charge on any atom is 0.407 e. The summed E-state index contributed by atoms with van der Waals surface area (Å²) in [5.41, 5.74) is -0.782. The van der Waals surface area contributed by atoms with Gasteiger partial charge >= 0.3 is 12.2 Å². The Labute approximate surface area is 125 Å². The molecule has 0 rings (SSSR count). The summed E-state index contributed by atoms with van der Waals surface area (Å²) in [5.74, 6) is 0. The molecule has 7 heteroatoms. The lowest BCUT2D eigenvalue weighted by molar-refractivity contribution is 0.0530. The van der Waals surface area contributed by atoms with Crippen molar-refractivity contribution in [2.24, 2.45) is 0 Å². The van der Waals surface area contributed by atoms with E-state index in [4.69, 9.17) is 14.6 Å². The van der Waals surface area contributed by atoms with Crippen molar-refractivity contribution in [2.75, 3.05) is 13.1 Å². The van der Waals surface area contributed by atoms with Crippen LogP contribution in [0.2, 0.25) is 0 Å². The molecule has 0 heterocycles. The van der Waals surface area contributed by atoms with Gasteiger partial charge in [-0.2, -0.15) is 0 Å². The molecule has 0 fully saturated rings. The number of aliphatic hydroxyl groups excluding tert-OH is 1. The van der Waals surface area contributed by atoms with Crippen LogP contribution in [0.4, 0.5) is 9.59 Å². The van der Waals surface area contributed by atoms with Gasteiger partial charge in [0.2, 0.25) is 0 Å². The molecule has 0 bridgehead atoms. The smallest absolute Gasteiger partial charge is 0.407 e. The van der Waals surface area contributed by atoms with E-state index in [1.165, 1.54) is 0 Å². The highest BCUT2D eigenvalue weighted by Gasteiger charge is 2.17. The zero-order chi connectivity index (χ0) is 16.7. The van der Waals surface area contributed by atoms with E-state index < -0.39 is 23.4 Å². The van der Waals surface area contributed by atoms with Crippen molar-refractivity contribution < 1.29 is 24.2 Å². The fraction of sp³-hybridized carbons (Fsp3) is 0.714. The van der Waals surface area contributed by atoms with E-state index >= 15 is 0 Å². The number of carbonyl (C=O) groups is 2. The summed E-state index contributed by atoms with van der Waals surface area (Å²) in [7, 11) is 0. The van der Waals surface area contributed by atoms with Crippen LogP contribution in [0.1, 0.15) is 41.5 Å². The van der Waals surface area contributed by atoms with Crippen LogP contribution < -0.4 is 10.6 Å². The fourth-order valence-electron chi connectivity index (χ4n) is 1.15. The summed E-state index contributed by atoms with van der Waals surface area (Å²) in [6.07, 6.45) is -0.368. The Balaban J connectivity index is 4.14. The van der Waals surface area contributed by atoms with Crippen LogP contribution >= 0.6 is 0 Å². The molecular formula is C14H26N2O5. The molecule has 0 aromatic carbocycles. The minimum absolute atomic E-state index is 0.0568. The zero-order valence-electron chi connectivity index (χ0n) is 13.6. The summed E-state index contributed by atoms with van der Waals surface area (Å²) in [6.45, 7) is 10.6. The van der Waals surface area contributed by atoms with Gasteiger partial charge in [0.25, 0.3) is 0 Å². The van der Waals surface area contributed by atoms with E-state index in [-0.39, 0.29) is 13.1 Å². The first kappa shape index (κ1) is 19.1. The van der Waals surface area contributed by atoms with Crippen LogP contribution in [0.3, 0.4) is 0 Å². The van der Waals surface area contributed by atoms with Crippen LogP contribution in [0.25, 0.3) is 0 Å². The molecule has 0 aromatic rings. The van der Waals surface area contributed by atoms with Crippen molar-refractivity contribution in [2.45, 2.75) is 52.7 Å². The normalized spacial score (nSPS) is 11.3. The topological polar surface area (TPSA) is 96.9 Å². The number of ether oxygens (including phenoxy) is 2. The minimum atomic E-state index is -0.598. The third kappa shape index (κ3) is 11.6. The lowest BCUT2D eigenvalue weighted by Crippen LogP contribution is -2.37. The van der Waals surface area contributed by atoms with Gasteiger partial charge in [-0.25, -0.2) is 9.59 Å². The third-order valence-corrected chi connectivity index (χ3v) is 1.90. The molecule has 0 radical (unpaired) electrons. The largest absolute Gasteiger partial charge is 0.516 e. The van der Waals surface area contributed by atoms with Crippen LogP contribution in [-0.2, 0) is 9.47 Å². The molecule has 2 amide bonds. The van der Waals surface area contributed by atoms with E-state index in [0.29, 0.717) is 5.57 Å². The average molecular weight is 302 g/mol. The Kier molecular flexibility index (Phi) is 7.05. The van der Waals surface area contributed by atoms with Crippen LogP contribution in [-0.4, -0.2) is 41.6 Å². The molecule has 0 spiro atoms. The van der Waals surface area contributed by atoms with Gasteiger partial charge in [-0.05, 0) is 41.5 Å². The predicted octanol–water partition coefficient (Wildman–Crippen LogP) is 2.48. The molecule has 3 N–H and O–H groups in total. The van der Waals surface area contributed by atoms with E-state index in [2.05, 4.69) is 10.6 Å². The van der Waals surface area contributed by atoms with E-state index in [1.807, 2.05) is 0 Å². The highest BCUT2D eigenvalue weighted by molar-refractivity contribution is 5.69. The first-order valence-corrected chi connectivity index (χ1v) is 6.69. The van der Waals surface area contributed by atoms with Gasteiger partial charge in [0, 0.05) is 18.7 Å². The number of amides is 2. The molecule has 0 aliphatic carbocycles. The van der Waals surface area contributed by atoms with Gasteiger partial charge in [-0.3, -0.25) is 0 Å². The second-order valence-electron chi connectivity index (χ2n) is 6.50. The van der Waals surface area contributed by atoms with Gasteiger partial charge in [0.05, 0.1) is 6.26 Å². The summed E-state index contributed by atoms with van der Waals surface area (Å²) >= 11 is 0. The van der Waals surface area contributed by atoms with Gasteiger partial charge < -0.3 is 25.2 Å². The molecule has 0 unspecified atom stereocenters. The average Bonchev–Trinajstić information content (AvgIpc) is 2.24. The first-order chi connectivity index (χ1) is 9.43. The van der Waals surface area contributed by atoms with E-state index in [9.17, 15) is 9.59 Å². The van der Waals surface area contributed by atoms with E-state index in [1.54, 1.807) is 41.5 Å². The monoisotopic (exact) mass is 302 g/mol. The number of aliphatic hydroxyl groups is 1. The second kappa shape index (κ2) is 7.75. The van der Waals surface area contributed by atoms with Crippen molar-refractivity contribution in [1.29, 1.82) is 0 Å². The fourth-order valence-corrected chi connectivity index (χ4v) is 1.15. The molecule has 0 aliphatic rings. The second-order valence-corrected chi connectivity index (χ2v) is 6.50. The Morgan fingerprint density at radius 2 is 1.24 bits per heavy atom. The minimum Gasteiger partial charge on any atom is -0.516 e. The lowest BCUT2D eigenvalue weighted by atomic mass is 10.2. The van der Waals surface area contributed by atoms with Crippen LogP contribution in [0.5, 0.6) is 0 Å². The van der Waals surface area contributed by atoms with Crippen molar-refractivity contribution in [3.05, 3.63) is 11.8 Å². The summed E-state index contributed by atoms with van der Waals surface area (Å²) in [4.78, 5) is 22.9. The highest BCUT2D eigenvalue weighted by Crippen LogP contribution is 2.07. The highest BCUT2D eigenvalue weighted by atomic mass is 16.6. The third-order valence-electron chi connectivity index (χ3n) is 1.90. The summed E-state index contributed by atoms with van der Waals surface area (Å²) in [6, 6.07) is 0. The number of alkyl carbamates (subject to hydrolysis) is 2. The molecule has 0 aromatic heterocycles. The maximum atomic E-state index is 11.5. The standard InChI is InChI=1S/C14H26N2O5/c1-13(2,3)20-11(18)15-7-10(9-17)8-16-12(19)21-14(4,5)6/h9,17H,7-8H2,1-6H3,(H,15,18)(H,16,19). The van der Waals surface area contributed by atoms with Crippen molar-refractivity contribution in [3.8, 4) is 0 Å². The summed E-state index contributed by atoms with van der Waals surface area (Å²) in [5, 5.41) is 14.0. The molecule has 0 aliphatic heterocycles. The molecule has 21 heavy (non-hydrogen) atoms.